The zero-order chi connectivity index (χ0) is 15.8. The summed E-state index contributed by atoms with van der Waals surface area (Å²) >= 11 is 0. The summed E-state index contributed by atoms with van der Waals surface area (Å²) in [6.45, 7) is 0.399. The van der Waals surface area contributed by atoms with Gasteiger partial charge in [0.25, 0.3) is 5.89 Å². The van der Waals surface area contributed by atoms with Gasteiger partial charge in [-0.2, -0.15) is 10.1 Å². The number of fused-ring (bicyclic) bond motifs is 1. The first-order valence-corrected chi connectivity index (χ1v) is 6.93. The van der Waals surface area contributed by atoms with Crippen molar-refractivity contribution in [2.75, 3.05) is 6.61 Å². The van der Waals surface area contributed by atoms with E-state index in [1.54, 1.807) is 35.3 Å². The molecule has 0 unspecified atom stereocenters. The molecule has 9 nitrogen and oxygen atoms in total. The van der Waals surface area contributed by atoms with Gasteiger partial charge in [-0.05, 0) is 12.1 Å². The van der Waals surface area contributed by atoms with Gasteiger partial charge in [-0.3, -0.25) is 4.68 Å². The summed E-state index contributed by atoms with van der Waals surface area (Å²) in [5.41, 5.74) is 2.31. The molecule has 3 aromatic heterocycles. The van der Waals surface area contributed by atoms with Crippen molar-refractivity contribution in [1.29, 1.82) is 0 Å². The summed E-state index contributed by atoms with van der Waals surface area (Å²) in [5, 5.41) is 17.0. The van der Waals surface area contributed by atoms with Crippen molar-refractivity contribution in [2.45, 2.75) is 6.54 Å². The quantitative estimate of drug-likeness (QED) is 0.511. The van der Waals surface area contributed by atoms with Gasteiger partial charge >= 0.3 is 5.69 Å². The molecule has 0 saturated carbocycles. The first-order chi connectivity index (χ1) is 11.2. The molecule has 0 aliphatic carbocycles. The Hall–Kier alpha value is -3.20. The SMILES string of the molecule is O=c1[nH]c2cccc(-c3nc(-c4cnn(CCO)c4)no3)c2[nH]1. The van der Waals surface area contributed by atoms with Gasteiger partial charge < -0.3 is 19.6 Å². The number of aromatic nitrogens is 6. The monoisotopic (exact) mass is 312 g/mol. The topological polar surface area (TPSA) is 126 Å². The Balaban J connectivity index is 1.75. The second kappa shape index (κ2) is 5.21. The summed E-state index contributed by atoms with van der Waals surface area (Å²) < 4.78 is 6.90. The van der Waals surface area contributed by atoms with E-state index in [0.717, 1.165) is 0 Å². The molecule has 0 aliphatic heterocycles. The normalized spacial score (nSPS) is 11.3. The minimum absolute atomic E-state index is 0.00145. The molecule has 0 spiro atoms. The van der Waals surface area contributed by atoms with Crippen LogP contribution in [0.1, 0.15) is 0 Å². The number of nitrogens with zero attached hydrogens (tertiary/aromatic N) is 4. The van der Waals surface area contributed by atoms with Crippen molar-refractivity contribution in [3.8, 4) is 22.8 Å². The lowest BCUT2D eigenvalue weighted by molar-refractivity contribution is 0.269. The lowest BCUT2D eigenvalue weighted by Crippen LogP contribution is -2.01. The van der Waals surface area contributed by atoms with Gasteiger partial charge in [0, 0.05) is 6.20 Å². The molecule has 4 rings (SSSR count). The number of H-pyrrole nitrogens is 2. The van der Waals surface area contributed by atoms with Crippen LogP contribution in [-0.2, 0) is 6.54 Å². The number of hydrogen-bond acceptors (Lipinski definition) is 6. The van der Waals surface area contributed by atoms with E-state index < -0.39 is 0 Å². The standard InChI is InChI=1S/C14H12N6O3/c21-5-4-20-7-8(6-15-20)12-18-13(23-19-12)9-2-1-3-10-11(9)17-14(22)16-10/h1-3,6-7,21H,4-5H2,(H2,16,17,22). The maximum Gasteiger partial charge on any atom is 0.323 e. The van der Waals surface area contributed by atoms with Crippen LogP contribution in [0.25, 0.3) is 33.9 Å². The van der Waals surface area contributed by atoms with Crippen molar-refractivity contribution < 1.29 is 9.63 Å². The fourth-order valence-corrected chi connectivity index (χ4v) is 2.39. The molecule has 0 aliphatic rings. The van der Waals surface area contributed by atoms with Crippen LogP contribution in [0.3, 0.4) is 0 Å². The van der Waals surface area contributed by atoms with Crippen molar-refractivity contribution in [3.63, 3.8) is 0 Å². The van der Waals surface area contributed by atoms with Crippen LogP contribution in [0.5, 0.6) is 0 Å². The first-order valence-electron chi connectivity index (χ1n) is 6.93. The van der Waals surface area contributed by atoms with Crippen LogP contribution < -0.4 is 5.69 Å². The second-order valence-corrected chi connectivity index (χ2v) is 4.95. The van der Waals surface area contributed by atoms with Crippen molar-refractivity contribution in [3.05, 3.63) is 41.1 Å². The highest BCUT2D eigenvalue weighted by molar-refractivity contribution is 5.89. The van der Waals surface area contributed by atoms with E-state index in [0.29, 0.717) is 40.4 Å². The average molecular weight is 312 g/mol. The Morgan fingerprint density at radius 2 is 2.22 bits per heavy atom. The number of benzene rings is 1. The molecule has 3 N–H and O–H groups in total. The fraction of sp³-hybridized carbons (Fsp3) is 0.143. The average Bonchev–Trinajstić information content (AvgIpc) is 3.24. The van der Waals surface area contributed by atoms with E-state index in [1.807, 2.05) is 0 Å². The smallest absolute Gasteiger partial charge is 0.323 e. The Morgan fingerprint density at radius 1 is 1.30 bits per heavy atom. The highest BCUT2D eigenvalue weighted by atomic mass is 16.5. The highest BCUT2D eigenvalue weighted by Gasteiger charge is 2.15. The number of aliphatic hydroxyl groups is 1. The van der Waals surface area contributed by atoms with E-state index in [4.69, 9.17) is 9.63 Å². The fourth-order valence-electron chi connectivity index (χ4n) is 2.39. The Morgan fingerprint density at radius 3 is 3.09 bits per heavy atom. The maximum atomic E-state index is 11.5. The Bertz CT molecular complexity index is 1020. The van der Waals surface area contributed by atoms with Crippen LogP contribution >= 0.6 is 0 Å². The largest absolute Gasteiger partial charge is 0.394 e. The number of rotatable bonds is 4. The minimum Gasteiger partial charge on any atom is -0.394 e. The lowest BCUT2D eigenvalue weighted by atomic mass is 10.2. The zero-order valence-electron chi connectivity index (χ0n) is 11.9. The molecule has 116 valence electrons. The molecular formula is C14H12N6O3. The molecule has 0 fully saturated rings. The van der Waals surface area contributed by atoms with Crippen molar-refractivity contribution in [2.24, 2.45) is 0 Å². The molecule has 0 amide bonds. The second-order valence-electron chi connectivity index (χ2n) is 4.95. The third-order valence-electron chi connectivity index (χ3n) is 3.43. The predicted molar refractivity (Wildman–Crippen MR) is 80.5 cm³/mol. The number of aromatic amines is 2. The van der Waals surface area contributed by atoms with E-state index in [9.17, 15) is 4.79 Å². The molecular weight excluding hydrogens is 300 g/mol. The molecule has 23 heavy (non-hydrogen) atoms. The zero-order valence-corrected chi connectivity index (χ0v) is 11.9. The molecule has 0 radical (unpaired) electrons. The third kappa shape index (κ3) is 2.32. The van der Waals surface area contributed by atoms with Gasteiger partial charge in [0.2, 0.25) is 5.82 Å². The van der Waals surface area contributed by atoms with Crippen LogP contribution in [-0.4, -0.2) is 41.6 Å². The van der Waals surface area contributed by atoms with Gasteiger partial charge in [0.15, 0.2) is 0 Å². The minimum atomic E-state index is -0.294. The van der Waals surface area contributed by atoms with E-state index >= 15 is 0 Å². The summed E-state index contributed by atoms with van der Waals surface area (Å²) in [4.78, 5) is 21.2. The number of nitrogens with one attached hydrogen (secondary N) is 2. The highest BCUT2D eigenvalue weighted by Crippen LogP contribution is 2.26. The van der Waals surface area contributed by atoms with Crippen LogP contribution in [0.4, 0.5) is 0 Å². The van der Waals surface area contributed by atoms with Crippen LogP contribution in [0.15, 0.2) is 39.9 Å². The van der Waals surface area contributed by atoms with Crippen molar-refractivity contribution in [1.82, 2.24) is 29.9 Å². The van der Waals surface area contributed by atoms with E-state index in [-0.39, 0.29) is 12.3 Å². The van der Waals surface area contributed by atoms with Crippen LogP contribution in [0, 0.1) is 0 Å². The molecule has 1 aromatic carbocycles. The number of para-hydroxylation sites is 1. The predicted octanol–water partition coefficient (Wildman–Crippen LogP) is 0.762. The Labute approximate surface area is 128 Å². The van der Waals surface area contributed by atoms with E-state index in [2.05, 4.69) is 25.2 Å². The maximum absolute atomic E-state index is 11.5. The van der Waals surface area contributed by atoms with Gasteiger partial charge in [0.05, 0.1) is 41.5 Å². The summed E-state index contributed by atoms with van der Waals surface area (Å²) in [7, 11) is 0. The van der Waals surface area contributed by atoms with Gasteiger partial charge in [-0.25, -0.2) is 4.79 Å². The van der Waals surface area contributed by atoms with E-state index in [1.165, 1.54) is 0 Å². The van der Waals surface area contributed by atoms with Crippen molar-refractivity contribution >= 4 is 11.0 Å². The lowest BCUT2D eigenvalue weighted by Gasteiger charge is -1.95. The summed E-state index contributed by atoms with van der Waals surface area (Å²) in [6.07, 6.45) is 3.33. The number of imidazole rings is 1. The Kier molecular flexibility index (Phi) is 3.05. The van der Waals surface area contributed by atoms with Gasteiger partial charge in [-0.15, -0.1) is 0 Å². The molecule has 9 heteroatoms. The van der Waals surface area contributed by atoms with Gasteiger partial charge in [-0.1, -0.05) is 11.2 Å². The first kappa shape index (κ1) is 13.5. The molecule has 3 heterocycles. The molecule has 0 saturated heterocycles. The molecule has 0 bridgehead atoms. The third-order valence-corrected chi connectivity index (χ3v) is 3.43. The molecule has 0 atom stereocenters. The summed E-state index contributed by atoms with van der Waals surface area (Å²) in [5.74, 6) is 0.690. The summed E-state index contributed by atoms with van der Waals surface area (Å²) in [6, 6.07) is 5.37. The van der Waals surface area contributed by atoms with Crippen LogP contribution in [0.2, 0.25) is 0 Å². The van der Waals surface area contributed by atoms with Gasteiger partial charge in [0.1, 0.15) is 0 Å². The number of aliphatic hydroxyl groups excluding tert-OH is 1. The number of hydrogen-bond donors (Lipinski definition) is 3. The molecule has 4 aromatic rings.